The third-order valence-electron chi connectivity index (χ3n) is 5.45. The number of nitrogens with one attached hydrogen (secondary N) is 1. The Morgan fingerprint density at radius 3 is 2.44 bits per heavy atom. The number of rotatable bonds is 10. The molecule has 0 fully saturated rings. The molecule has 3 N–H and O–H groups in total. The van der Waals surface area contributed by atoms with Gasteiger partial charge in [0, 0.05) is 41.9 Å². The van der Waals surface area contributed by atoms with Crippen LogP contribution >= 0.6 is 23.6 Å². The minimum Gasteiger partial charge on any atom is -0.378 e. The molecule has 0 atom stereocenters. The van der Waals surface area contributed by atoms with Crippen molar-refractivity contribution in [2.24, 2.45) is 10.2 Å². The summed E-state index contributed by atoms with van der Waals surface area (Å²) in [6.07, 6.45) is 1.09. The first-order chi connectivity index (χ1) is 19.3. The number of carbonyl (C=O) groups is 1. The predicted octanol–water partition coefficient (Wildman–Crippen LogP) is 5.11. The van der Waals surface area contributed by atoms with Gasteiger partial charge in [-0.15, -0.1) is 14.6 Å². The topological polar surface area (TPSA) is 197 Å². The van der Waals surface area contributed by atoms with Gasteiger partial charge in [-0.25, -0.2) is 13.7 Å². The summed E-state index contributed by atoms with van der Waals surface area (Å²) in [7, 11) is -4.60. The van der Waals surface area contributed by atoms with Crippen LogP contribution in [0, 0.1) is 0 Å². The molecule has 0 aliphatic carbocycles. The third kappa shape index (κ3) is 7.43. The second-order valence-corrected chi connectivity index (χ2v) is 13.5. The van der Waals surface area contributed by atoms with Crippen molar-refractivity contribution in [2.45, 2.75) is 14.7 Å². The number of benzene rings is 3. The van der Waals surface area contributed by atoms with Crippen molar-refractivity contribution in [2.75, 3.05) is 30.6 Å². The Labute approximate surface area is 242 Å². The number of nitrogens with zero attached hydrogens (tertiary/aromatic N) is 4. The highest BCUT2D eigenvalue weighted by Crippen LogP contribution is 2.36. The van der Waals surface area contributed by atoms with Gasteiger partial charge in [0.15, 0.2) is 14.8 Å². The first-order valence-electron chi connectivity index (χ1n) is 11.2. The fraction of sp³-hybridized carbons (Fsp3) is 0.130. The lowest BCUT2D eigenvalue weighted by Crippen LogP contribution is -2.14. The van der Waals surface area contributed by atoms with Crippen molar-refractivity contribution in [3.05, 3.63) is 60.2 Å². The number of amides is 1. The SMILES string of the molecule is CN(C)c1ccc(N=Nc2snc3ccc(S(C)(=O)=O)cc23)c(NC(=O)c2cc(SOOO)cc(S(=O)(=O)O)c2)c1. The van der Waals surface area contributed by atoms with E-state index in [4.69, 9.17) is 5.26 Å². The Morgan fingerprint density at radius 1 is 1.02 bits per heavy atom. The Morgan fingerprint density at radius 2 is 1.78 bits per heavy atom. The van der Waals surface area contributed by atoms with Crippen molar-refractivity contribution in [3.63, 3.8) is 0 Å². The summed E-state index contributed by atoms with van der Waals surface area (Å²) in [5.74, 6) is -0.768. The molecule has 0 saturated heterocycles. The molecule has 0 aliphatic rings. The number of aromatic nitrogens is 1. The monoisotopic (exact) mass is 639 g/mol. The van der Waals surface area contributed by atoms with Gasteiger partial charge in [0.2, 0.25) is 0 Å². The van der Waals surface area contributed by atoms with E-state index in [1.54, 1.807) is 43.3 Å². The van der Waals surface area contributed by atoms with Gasteiger partial charge < -0.3 is 10.2 Å². The Hall–Kier alpha value is -3.49. The lowest BCUT2D eigenvalue weighted by molar-refractivity contribution is -0.432. The number of sulfone groups is 1. The number of anilines is 2. The molecule has 0 saturated carbocycles. The van der Waals surface area contributed by atoms with Crippen LogP contribution in [0.15, 0.2) is 79.5 Å². The molecule has 18 heteroatoms. The van der Waals surface area contributed by atoms with Crippen molar-refractivity contribution >= 4 is 82.4 Å². The van der Waals surface area contributed by atoms with E-state index in [1.165, 1.54) is 18.2 Å². The largest absolute Gasteiger partial charge is 0.378 e. The van der Waals surface area contributed by atoms with E-state index in [1.807, 2.05) is 0 Å². The molecular formula is C23H21N5O9S4. The summed E-state index contributed by atoms with van der Waals surface area (Å²) >= 11 is 1.41. The maximum absolute atomic E-state index is 13.2. The number of fused-ring (bicyclic) bond motifs is 1. The molecular weight excluding hydrogens is 619 g/mol. The highest BCUT2D eigenvalue weighted by molar-refractivity contribution is 7.94. The summed E-state index contributed by atoms with van der Waals surface area (Å²) in [6.45, 7) is 0. The summed E-state index contributed by atoms with van der Waals surface area (Å²) in [5, 5.41) is 23.9. The van der Waals surface area contributed by atoms with E-state index in [0.29, 0.717) is 33.6 Å². The number of carbonyl (C=O) groups excluding carboxylic acids is 1. The molecule has 41 heavy (non-hydrogen) atoms. The van der Waals surface area contributed by atoms with Crippen LogP contribution in [0.1, 0.15) is 10.4 Å². The van der Waals surface area contributed by atoms with Crippen molar-refractivity contribution in [1.82, 2.24) is 4.37 Å². The van der Waals surface area contributed by atoms with E-state index in [0.717, 1.165) is 29.9 Å². The molecule has 0 aliphatic heterocycles. The Bertz CT molecular complexity index is 1870. The second kappa shape index (κ2) is 12.2. The molecule has 1 heterocycles. The lowest BCUT2D eigenvalue weighted by Gasteiger charge is -2.16. The van der Waals surface area contributed by atoms with Crippen molar-refractivity contribution in [1.29, 1.82) is 0 Å². The number of hydrogen-bond donors (Lipinski definition) is 3. The summed E-state index contributed by atoms with van der Waals surface area (Å²) in [6, 6.07) is 12.6. The van der Waals surface area contributed by atoms with E-state index < -0.39 is 30.8 Å². The fourth-order valence-corrected chi connectivity index (χ4v) is 5.86. The normalized spacial score (nSPS) is 12.2. The van der Waals surface area contributed by atoms with E-state index in [-0.39, 0.29) is 26.7 Å². The van der Waals surface area contributed by atoms with Gasteiger partial charge in [0.05, 0.1) is 33.0 Å². The van der Waals surface area contributed by atoms with Crippen LogP contribution in [0.2, 0.25) is 0 Å². The molecule has 0 bridgehead atoms. The molecule has 4 rings (SSSR count). The molecule has 3 aromatic carbocycles. The zero-order valence-electron chi connectivity index (χ0n) is 21.4. The molecule has 0 unspecified atom stereocenters. The van der Waals surface area contributed by atoms with Gasteiger partial charge in [-0.2, -0.15) is 12.8 Å². The predicted molar refractivity (Wildman–Crippen MR) is 153 cm³/mol. The van der Waals surface area contributed by atoms with Gasteiger partial charge in [-0.1, -0.05) is 5.04 Å². The van der Waals surface area contributed by atoms with Crippen molar-refractivity contribution in [3.8, 4) is 0 Å². The van der Waals surface area contributed by atoms with Crippen LogP contribution in [-0.2, 0) is 29.3 Å². The lowest BCUT2D eigenvalue weighted by atomic mass is 10.2. The molecule has 0 spiro atoms. The third-order valence-corrected chi connectivity index (χ3v) is 8.71. The number of hydrogen-bond acceptors (Lipinski definition) is 14. The van der Waals surface area contributed by atoms with Crippen LogP contribution in [0.3, 0.4) is 0 Å². The van der Waals surface area contributed by atoms with E-state index in [2.05, 4.69) is 29.3 Å². The van der Waals surface area contributed by atoms with Gasteiger partial charge in [0.25, 0.3) is 16.0 Å². The zero-order chi connectivity index (χ0) is 29.9. The van der Waals surface area contributed by atoms with Crippen molar-refractivity contribution < 1.29 is 40.8 Å². The molecule has 4 aromatic rings. The second-order valence-electron chi connectivity index (χ2n) is 8.58. The van der Waals surface area contributed by atoms with Gasteiger partial charge in [-0.05, 0) is 66.1 Å². The smallest absolute Gasteiger partial charge is 0.294 e. The van der Waals surface area contributed by atoms with Gasteiger partial charge >= 0.3 is 0 Å². The molecule has 14 nitrogen and oxygen atoms in total. The molecule has 1 amide bonds. The Balaban J connectivity index is 1.72. The first-order valence-corrected chi connectivity index (χ1v) is 16.0. The van der Waals surface area contributed by atoms with Crippen LogP contribution in [0.4, 0.5) is 22.1 Å². The average Bonchev–Trinajstić information content (AvgIpc) is 3.32. The minimum absolute atomic E-state index is 0.0202. The van der Waals surface area contributed by atoms with Gasteiger partial charge in [-0.3, -0.25) is 9.35 Å². The summed E-state index contributed by atoms with van der Waals surface area (Å²) in [4.78, 5) is 14.5. The summed E-state index contributed by atoms with van der Waals surface area (Å²) < 4.78 is 65.6. The molecule has 216 valence electrons. The first kappa shape index (κ1) is 30.5. The molecule has 1 aromatic heterocycles. The van der Waals surface area contributed by atoms with Crippen LogP contribution in [0.25, 0.3) is 10.9 Å². The highest BCUT2D eigenvalue weighted by atomic mass is 32.2. The summed E-state index contributed by atoms with van der Waals surface area (Å²) in [5.41, 5.74) is 1.48. The van der Waals surface area contributed by atoms with Crippen LogP contribution < -0.4 is 10.2 Å². The zero-order valence-corrected chi connectivity index (χ0v) is 24.6. The molecule has 0 radical (unpaired) electrons. The number of azo groups is 1. The standard InChI is InChI=1S/C23H21N5O9S4/c1-28(2)14-4-6-20(25-26-23-18-12-16(40(3,31)32)5-7-19(18)27-38-23)21(10-14)24-22(29)13-8-15(39-37-36-30)11-17(9-13)41(33,34)35/h4-12,30H,1-3H3,(H,24,29)(H,33,34,35). The van der Waals surface area contributed by atoms with Crippen LogP contribution in [-0.4, -0.2) is 57.3 Å². The van der Waals surface area contributed by atoms with E-state index >= 15 is 0 Å². The average molecular weight is 640 g/mol. The van der Waals surface area contributed by atoms with E-state index in [9.17, 15) is 26.2 Å². The fourth-order valence-electron chi connectivity index (χ4n) is 3.45. The van der Waals surface area contributed by atoms with Crippen LogP contribution in [0.5, 0.6) is 0 Å². The minimum atomic E-state index is -4.70. The maximum Gasteiger partial charge on any atom is 0.294 e. The quantitative estimate of drug-likeness (QED) is 0.0683. The van der Waals surface area contributed by atoms with Gasteiger partial charge in [0.1, 0.15) is 5.69 Å². The maximum atomic E-state index is 13.2. The highest BCUT2D eigenvalue weighted by Gasteiger charge is 2.19. The Kier molecular flexibility index (Phi) is 9.04.